The summed E-state index contributed by atoms with van der Waals surface area (Å²) in [5, 5.41) is 0. The zero-order chi connectivity index (χ0) is 9.41. The Morgan fingerprint density at radius 3 is 2.50 bits per heavy atom. The van der Waals surface area contributed by atoms with Gasteiger partial charge in [0.15, 0.2) is 9.84 Å². The van der Waals surface area contributed by atoms with Gasteiger partial charge in [0.1, 0.15) is 0 Å². The third kappa shape index (κ3) is 1.36. The fraction of sp³-hybridized carbons (Fsp3) is 1.00. The van der Waals surface area contributed by atoms with E-state index in [9.17, 15) is 8.42 Å². The van der Waals surface area contributed by atoms with Crippen LogP contribution in [-0.2, 0) is 9.84 Å². The van der Waals surface area contributed by atoms with E-state index >= 15 is 0 Å². The molecule has 0 bridgehead atoms. The summed E-state index contributed by atoms with van der Waals surface area (Å²) in [5.74, 6) is 5.62. The van der Waals surface area contributed by atoms with Crippen LogP contribution in [0.25, 0.3) is 0 Å². The predicted octanol–water partition coefficient (Wildman–Crippen LogP) is -0.337. The lowest BCUT2D eigenvalue weighted by atomic mass is 9.93. The van der Waals surface area contributed by atoms with Gasteiger partial charge in [-0.05, 0) is 26.2 Å². The Labute approximate surface area is 73.4 Å². The monoisotopic (exact) mass is 192 g/mol. The number of sulfone groups is 1. The maximum absolute atomic E-state index is 11.5. The molecule has 1 unspecified atom stereocenters. The van der Waals surface area contributed by atoms with E-state index in [4.69, 9.17) is 5.84 Å². The fourth-order valence-corrected chi connectivity index (χ4v) is 3.48. The normalized spacial score (nSPS) is 32.1. The molecule has 0 spiro atoms. The van der Waals surface area contributed by atoms with Gasteiger partial charge in [-0.2, -0.15) is 0 Å². The van der Waals surface area contributed by atoms with Crippen molar-refractivity contribution in [2.24, 2.45) is 11.8 Å². The van der Waals surface area contributed by atoms with E-state index in [1.165, 1.54) is 0 Å². The molecule has 0 aromatic carbocycles. The lowest BCUT2D eigenvalue weighted by Gasteiger charge is -2.24. The summed E-state index contributed by atoms with van der Waals surface area (Å²) in [6, 6.07) is 0. The van der Waals surface area contributed by atoms with E-state index in [1.54, 1.807) is 13.8 Å². The average molecular weight is 192 g/mol. The van der Waals surface area contributed by atoms with Crippen molar-refractivity contribution in [3.8, 4) is 0 Å². The maximum Gasteiger partial charge on any atom is 0.155 e. The quantitative estimate of drug-likeness (QED) is 0.464. The number of rotatable bonds is 2. The van der Waals surface area contributed by atoms with Crippen molar-refractivity contribution in [1.82, 2.24) is 5.43 Å². The molecule has 0 radical (unpaired) electrons. The lowest BCUT2D eigenvalue weighted by molar-refractivity contribution is 0.399. The van der Waals surface area contributed by atoms with E-state index in [0.29, 0.717) is 12.3 Å². The summed E-state index contributed by atoms with van der Waals surface area (Å²) in [5.41, 5.74) is 2.54. The second-order valence-electron chi connectivity index (χ2n) is 3.82. The molecule has 12 heavy (non-hydrogen) atoms. The van der Waals surface area contributed by atoms with Crippen LogP contribution in [0, 0.1) is 5.92 Å². The minimum absolute atomic E-state index is 0.146. The summed E-state index contributed by atoms with van der Waals surface area (Å²) in [6.07, 6.45) is 0.722. The van der Waals surface area contributed by atoms with Crippen molar-refractivity contribution < 1.29 is 8.42 Å². The van der Waals surface area contributed by atoms with Crippen LogP contribution in [0.15, 0.2) is 0 Å². The molecule has 0 aromatic heterocycles. The van der Waals surface area contributed by atoms with E-state index in [1.807, 2.05) is 0 Å². The van der Waals surface area contributed by atoms with Crippen LogP contribution in [0.1, 0.15) is 20.3 Å². The summed E-state index contributed by atoms with van der Waals surface area (Å²) < 4.78 is 22.4. The Balaban J connectivity index is 2.86. The molecule has 0 saturated carbocycles. The molecule has 0 aromatic rings. The zero-order valence-corrected chi connectivity index (χ0v) is 8.32. The molecule has 72 valence electrons. The minimum atomic E-state index is -2.89. The molecule has 1 aliphatic heterocycles. The Kier molecular flexibility index (Phi) is 2.47. The van der Waals surface area contributed by atoms with Crippen molar-refractivity contribution in [2.45, 2.75) is 25.0 Å². The van der Waals surface area contributed by atoms with E-state index in [0.717, 1.165) is 6.42 Å². The highest BCUT2D eigenvalue weighted by Crippen LogP contribution is 2.36. The largest absolute Gasteiger partial charge is 0.271 e. The fourth-order valence-electron chi connectivity index (χ4n) is 1.65. The smallest absolute Gasteiger partial charge is 0.155 e. The van der Waals surface area contributed by atoms with Gasteiger partial charge < -0.3 is 0 Å². The standard InChI is InChI=1S/C7H16N2O2S/c1-7(2)6(5-9-8)3-4-12(7,10)11/h6,9H,3-5,8H2,1-2H3. The van der Waals surface area contributed by atoms with Gasteiger partial charge in [0.2, 0.25) is 0 Å². The summed E-state index contributed by atoms with van der Waals surface area (Å²) in [4.78, 5) is 0. The van der Waals surface area contributed by atoms with Gasteiger partial charge in [-0.15, -0.1) is 0 Å². The van der Waals surface area contributed by atoms with Gasteiger partial charge in [-0.1, -0.05) is 0 Å². The first kappa shape index (κ1) is 9.95. The minimum Gasteiger partial charge on any atom is -0.271 e. The summed E-state index contributed by atoms with van der Waals surface area (Å²) in [6.45, 7) is 4.13. The highest BCUT2D eigenvalue weighted by Gasteiger charge is 2.46. The Morgan fingerprint density at radius 1 is 1.58 bits per heavy atom. The molecule has 1 saturated heterocycles. The van der Waals surface area contributed by atoms with Crippen LogP contribution in [0.5, 0.6) is 0 Å². The molecule has 5 heteroatoms. The molecule has 1 atom stereocenters. The molecule has 1 aliphatic rings. The molecule has 0 aliphatic carbocycles. The van der Waals surface area contributed by atoms with Crippen molar-refractivity contribution in [3.63, 3.8) is 0 Å². The first-order valence-electron chi connectivity index (χ1n) is 4.07. The Bertz CT molecular complexity index is 259. The van der Waals surface area contributed by atoms with Crippen LogP contribution in [0.4, 0.5) is 0 Å². The van der Waals surface area contributed by atoms with Gasteiger partial charge in [-0.3, -0.25) is 11.3 Å². The molecule has 1 heterocycles. The molecule has 0 amide bonds. The molecular weight excluding hydrogens is 176 g/mol. The van der Waals surface area contributed by atoms with Gasteiger partial charge >= 0.3 is 0 Å². The first-order valence-corrected chi connectivity index (χ1v) is 5.73. The highest BCUT2D eigenvalue weighted by molar-refractivity contribution is 7.93. The molecule has 3 N–H and O–H groups in total. The topological polar surface area (TPSA) is 72.2 Å². The number of hydrogen-bond donors (Lipinski definition) is 2. The van der Waals surface area contributed by atoms with Crippen LogP contribution < -0.4 is 11.3 Å². The zero-order valence-electron chi connectivity index (χ0n) is 7.50. The SMILES string of the molecule is CC1(C)C(CNN)CCS1(=O)=O. The van der Waals surface area contributed by atoms with Crippen molar-refractivity contribution >= 4 is 9.84 Å². The molecular formula is C7H16N2O2S. The number of hydrogen-bond acceptors (Lipinski definition) is 4. The predicted molar refractivity (Wildman–Crippen MR) is 48.2 cm³/mol. The van der Waals surface area contributed by atoms with E-state index in [2.05, 4.69) is 5.43 Å². The van der Waals surface area contributed by atoms with Gasteiger partial charge in [0.25, 0.3) is 0 Å². The number of hydrazine groups is 1. The van der Waals surface area contributed by atoms with Gasteiger partial charge in [0, 0.05) is 6.54 Å². The highest BCUT2D eigenvalue weighted by atomic mass is 32.2. The molecule has 1 fully saturated rings. The maximum atomic E-state index is 11.5. The van der Waals surface area contributed by atoms with Crippen LogP contribution in [0.3, 0.4) is 0 Å². The van der Waals surface area contributed by atoms with Crippen molar-refractivity contribution in [3.05, 3.63) is 0 Å². The lowest BCUT2D eigenvalue weighted by Crippen LogP contribution is -2.40. The van der Waals surface area contributed by atoms with Gasteiger partial charge in [-0.25, -0.2) is 8.42 Å². The van der Waals surface area contributed by atoms with Crippen molar-refractivity contribution in [2.75, 3.05) is 12.3 Å². The number of nitrogens with two attached hydrogens (primary N) is 1. The Hall–Kier alpha value is -0.130. The molecule has 1 rings (SSSR count). The average Bonchev–Trinajstić information content (AvgIpc) is 2.13. The van der Waals surface area contributed by atoms with Crippen LogP contribution in [0.2, 0.25) is 0 Å². The van der Waals surface area contributed by atoms with E-state index < -0.39 is 14.6 Å². The number of nitrogens with one attached hydrogen (secondary N) is 1. The first-order chi connectivity index (χ1) is 5.42. The molecule has 4 nitrogen and oxygen atoms in total. The summed E-state index contributed by atoms with van der Waals surface area (Å²) >= 11 is 0. The third-order valence-corrected chi connectivity index (χ3v) is 5.59. The van der Waals surface area contributed by atoms with Crippen LogP contribution in [-0.4, -0.2) is 25.5 Å². The third-order valence-electron chi connectivity index (χ3n) is 2.88. The van der Waals surface area contributed by atoms with Crippen molar-refractivity contribution in [1.29, 1.82) is 0 Å². The Morgan fingerprint density at radius 2 is 2.17 bits per heavy atom. The van der Waals surface area contributed by atoms with Crippen LogP contribution >= 0.6 is 0 Å². The van der Waals surface area contributed by atoms with Gasteiger partial charge in [0.05, 0.1) is 10.5 Å². The second-order valence-corrected chi connectivity index (χ2v) is 6.51. The second kappa shape index (κ2) is 2.97. The summed E-state index contributed by atoms with van der Waals surface area (Å²) in [7, 11) is -2.89. The van der Waals surface area contributed by atoms with E-state index in [-0.39, 0.29) is 5.92 Å².